The molecule has 0 unspecified atom stereocenters. The van der Waals surface area contributed by atoms with Crippen LogP contribution in [0.2, 0.25) is 0 Å². The van der Waals surface area contributed by atoms with Crippen molar-refractivity contribution in [2.45, 2.75) is 25.8 Å². The molecule has 0 spiro atoms. The summed E-state index contributed by atoms with van der Waals surface area (Å²) in [6.45, 7) is 9.30. The highest BCUT2D eigenvalue weighted by Gasteiger charge is 2.18. The van der Waals surface area contributed by atoms with Gasteiger partial charge in [0.1, 0.15) is 5.82 Å². The summed E-state index contributed by atoms with van der Waals surface area (Å²) in [6.07, 6.45) is 4.41. The molecule has 21 heavy (non-hydrogen) atoms. The molecule has 0 aliphatic carbocycles. The number of rotatable bonds is 4. The van der Waals surface area contributed by atoms with E-state index in [1.165, 1.54) is 32.5 Å². The number of anilines is 2. The quantitative estimate of drug-likeness (QED) is 0.916. The Bertz CT molecular complexity index is 422. The maximum atomic E-state index is 5.38. The second-order valence-electron chi connectivity index (χ2n) is 5.86. The second kappa shape index (κ2) is 7.09. The number of hydrogen-bond acceptors (Lipinski definition) is 5. The normalized spacial score (nSPS) is 21.5. The van der Waals surface area contributed by atoms with Gasteiger partial charge in [0.2, 0.25) is 0 Å². The molecule has 2 fully saturated rings. The Morgan fingerprint density at radius 3 is 2.57 bits per heavy atom. The van der Waals surface area contributed by atoms with Gasteiger partial charge >= 0.3 is 0 Å². The average Bonchev–Trinajstić information content (AvgIpc) is 2.57. The van der Waals surface area contributed by atoms with Crippen molar-refractivity contribution in [1.82, 2.24) is 9.88 Å². The molecule has 0 bridgehead atoms. The van der Waals surface area contributed by atoms with Gasteiger partial charge in [0.05, 0.1) is 25.1 Å². The van der Waals surface area contributed by atoms with Crippen LogP contribution in [0.1, 0.15) is 19.8 Å². The van der Waals surface area contributed by atoms with Crippen LogP contribution in [0.4, 0.5) is 11.5 Å². The van der Waals surface area contributed by atoms with Crippen molar-refractivity contribution in [2.75, 3.05) is 56.2 Å². The van der Waals surface area contributed by atoms with Crippen LogP contribution in [0, 0.1) is 0 Å². The number of hydrogen-bond donors (Lipinski definition) is 1. The van der Waals surface area contributed by atoms with E-state index < -0.39 is 0 Å². The molecule has 1 N–H and O–H groups in total. The summed E-state index contributed by atoms with van der Waals surface area (Å²) >= 11 is 0. The molecule has 0 radical (unpaired) electrons. The fourth-order valence-electron chi connectivity index (χ4n) is 3.08. The van der Waals surface area contributed by atoms with Gasteiger partial charge in [-0.15, -0.1) is 0 Å². The number of pyridine rings is 1. The maximum Gasteiger partial charge on any atom is 0.128 e. The first-order valence-electron chi connectivity index (χ1n) is 8.13. The third-order valence-corrected chi connectivity index (χ3v) is 4.49. The third kappa shape index (κ3) is 3.86. The van der Waals surface area contributed by atoms with Crippen molar-refractivity contribution in [1.29, 1.82) is 0 Å². The van der Waals surface area contributed by atoms with Crippen molar-refractivity contribution in [3.8, 4) is 0 Å². The largest absolute Gasteiger partial charge is 0.381 e. The third-order valence-electron chi connectivity index (χ3n) is 4.49. The number of nitrogens with zero attached hydrogens (tertiary/aromatic N) is 3. The van der Waals surface area contributed by atoms with Crippen LogP contribution in [0.5, 0.6) is 0 Å². The van der Waals surface area contributed by atoms with Gasteiger partial charge in [-0.2, -0.15) is 0 Å². The maximum absolute atomic E-state index is 5.38. The number of piperidine rings is 1. The van der Waals surface area contributed by atoms with E-state index in [1.807, 2.05) is 6.20 Å². The number of ether oxygens (including phenoxy) is 1. The molecule has 0 amide bonds. The van der Waals surface area contributed by atoms with Gasteiger partial charge in [0, 0.05) is 32.2 Å². The Labute approximate surface area is 127 Å². The average molecular weight is 290 g/mol. The number of likely N-dealkylation sites (tertiary alicyclic amines) is 1. The smallest absolute Gasteiger partial charge is 0.128 e. The van der Waals surface area contributed by atoms with E-state index in [2.05, 4.69) is 39.2 Å². The summed E-state index contributed by atoms with van der Waals surface area (Å²) in [6, 6.07) is 4.86. The van der Waals surface area contributed by atoms with Gasteiger partial charge in [-0.3, -0.25) is 0 Å². The molecule has 1 aromatic rings. The van der Waals surface area contributed by atoms with Crippen LogP contribution in [-0.4, -0.2) is 61.9 Å². The molecule has 5 nitrogen and oxygen atoms in total. The molecular weight excluding hydrogens is 264 g/mol. The first-order chi connectivity index (χ1) is 10.3. The lowest BCUT2D eigenvalue weighted by Crippen LogP contribution is -2.39. The lowest BCUT2D eigenvalue weighted by molar-refractivity contribution is 0.122. The zero-order valence-electron chi connectivity index (χ0n) is 12.9. The molecular formula is C16H26N4O. The van der Waals surface area contributed by atoms with Crippen LogP contribution >= 0.6 is 0 Å². The number of aromatic nitrogens is 1. The van der Waals surface area contributed by atoms with Crippen LogP contribution in [0.3, 0.4) is 0 Å². The molecule has 1 aromatic heterocycles. The molecule has 2 aliphatic rings. The Morgan fingerprint density at radius 1 is 1.19 bits per heavy atom. The molecule has 2 aliphatic heterocycles. The SMILES string of the molecule is CCN1CCC(Nc2ccc(N3CCOCC3)nc2)CC1. The van der Waals surface area contributed by atoms with Crippen LogP contribution in [0.15, 0.2) is 18.3 Å². The summed E-state index contributed by atoms with van der Waals surface area (Å²) < 4.78 is 5.38. The van der Waals surface area contributed by atoms with E-state index in [1.54, 1.807) is 0 Å². The summed E-state index contributed by atoms with van der Waals surface area (Å²) in [7, 11) is 0. The predicted octanol–water partition coefficient (Wildman–Crippen LogP) is 1.81. The van der Waals surface area contributed by atoms with E-state index in [0.717, 1.165) is 37.8 Å². The van der Waals surface area contributed by atoms with Gasteiger partial charge in [-0.25, -0.2) is 4.98 Å². The molecule has 3 rings (SSSR count). The zero-order valence-corrected chi connectivity index (χ0v) is 12.9. The lowest BCUT2D eigenvalue weighted by atomic mass is 10.0. The highest BCUT2D eigenvalue weighted by molar-refractivity contribution is 5.49. The molecule has 0 saturated carbocycles. The van der Waals surface area contributed by atoms with Gasteiger partial charge in [0.25, 0.3) is 0 Å². The van der Waals surface area contributed by atoms with Gasteiger partial charge in [-0.05, 0) is 31.5 Å². The summed E-state index contributed by atoms with van der Waals surface area (Å²) in [5, 5.41) is 3.62. The van der Waals surface area contributed by atoms with Crippen molar-refractivity contribution in [3.05, 3.63) is 18.3 Å². The highest BCUT2D eigenvalue weighted by atomic mass is 16.5. The summed E-state index contributed by atoms with van der Waals surface area (Å²) in [5.41, 5.74) is 1.14. The van der Waals surface area contributed by atoms with E-state index in [4.69, 9.17) is 4.74 Å². The van der Waals surface area contributed by atoms with Crippen LogP contribution < -0.4 is 10.2 Å². The van der Waals surface area contributed by atoms with Crippen molar-refractivity contribution in [3.63, 3.8) is 0 Å². The minimum Gasteiger partial charge on any atom is -0.381 e. The number of morpholine rings is 1. The molecule has 3 heterocycles. The summed E-state index contributed by atoms with van der Waals surface area (Å²) in [4.78, 5) is 9.39. The van der Waals surface area contributed by atoms with Crippen LogP contribution in [-0.2, 0) is 4.74 Å². The molecule has 5 heteroatoms. The topological polar surface area (TPSA) is 40.6 Å². The first kappa shape index (κ1) is 14.6. The first-order valence-corrected chi connectivity index (χ1v) is 8.13. The molecule has 0 atom stereocenters. The highest BCUT2D eigenvalue weighted by Crippen LogP contribution is 2.19. The molecule has 116 valence electrons. The fourth-order valence-corrected chi connectivity index (χ4v) is 3.08. The lowest BCUT2D eigenvalue weighted by Gasteiger charge is -2.32. The Kier molecular flexibility index (Phi) is 4.93. The van der Waals surface area contributed by atoms with E-state index >= 15 is 0 Å². The predicted molar refractivity (Wildman–Crippen MR) is 86.0 cm³/mol. The van der Waals surface area contributed by atoms with E-state index in [9.17, 15) is 0 Å². The van der Waals surface area contributed by atoms with E-state index in [0.29, 0.717) is 6.04 Å². The van der Waals surface area contributed by atoms with Gasteiger partial charge in [-0.1, -0.05) is 6.92 Å². The minimum absolute atomic E-state index is 0.587. The van der Waals surface area contributed by atoms with Crippen LogP contribution in [0.25, 0.3) is 0 Å². The van der Waals surface area contributed by atoms with Gasteiger partial charge < -0.3 is 19.9 Å². The Morgan fingerprint density at radius 2 is 1.95 bits per heavy atom. The van der Waals surface area contributed by atoms with Crippen molar-refractivity contribution >= 4 is 11.5 Å². The van der Waals surface area contributed by atoms with Gasteiger partial charge in [0.15, 0.2) is 0 Å². The minimum atomic E-state index is 0.587. The molecule has 2 saturated heterocycles. The van der Waals surface area contributed by atoms with Crippen molar-refractivity contribution in [2.24, 2.45) is 0 Å². The van der Waals surface area contributed by atoms with Crippen molar-refractivity contribution < 1.29 is 4.74 Å². The van der Waals surface area contributed by atoms with E-state index in [-0.39, 0.29) is 0 Å². The standard InChI is InChI=1S/C16H26N4O/c1-2-19-7-5-14(6-8-19)18-15-3-4-16(17-13-15)20-9-11-21-12-10-20/h3-4,13-14,18H,2,5-12H2,1H3. The zero-order chi connectivity index (χ0) is 14.5. The fraction of sp³-hybridized carbons (Fsp3) is 0.688. The number of nitrogens with one attached hydrogen (secondary N) is 1. The second-order valence-corrected chi connectivity index (χ2v) is 5.86. The molecule has 0 aromatic carbocycles. The Hall–Kier alpha value is -1.33. The summed E-state index contributed by atoms with van der Waals surface area (Å²) in [5.74, 6) is 1.06. The Balaban J connectivity index is 1.52. The monoisotopic (exact) mass is 290 g/mol.